The molecule has 0 aromatic carbocycles. The standard InChI is InChI=1S/C16H19N3OS.C11H15ClN2OS/c1-12(20)14-11-15(13-3-5-17-6-4-13)21-16(14)19-9-7-18(2)8-10-19;1-8(15)9-7-10(12)16-11(9)14-5-3-13(2)4-6-14/h3-6,11H,7-10H2,1-2H3;7H,3-6H2,1-2H3. The summed E-state index contributed by atoms with van der Waals surface area (Å²) in [6.07, 6.45) is 3.58. The number of thiophene rings is 2. The fourth-order valence-electron chi connectivity index (χ4n) is 4.39. The highest BCUT2D eigenvalue weighted by atomic mass is 35.5. The lowest BCUT2D eigenvalue weighted by Gasteiger charge is -2.33. The van der Waals surface area contributed by atoms with Gasteiger partial charge in [0.1, 0.15) is 10.0 Å². The molecule has 0 spiro atoms. The second-order valence-electron chi connectivity index (χ2n) is 9.53. The van der Waals surface area contributed by atoms with E-state index in [-0.39, 0.29) is 11.6 Å². The average Bonchev–Trinajstić information content (AvgIpc) is 3.51. The molecule has 2 fully saturated rings. The highest BCUT2D eigenvalue weighted by Gasteiger charge is 2.23. The van der Waals surface area contributed by atoms with Gasteiger partial charge in [0.05, 0.1) is 15.5 Å². The van der Waals surface area contributed by atoms with Crippen molar-refractivity contribution in [1.29, 1.82) is 0 Å². The second-order valence-corrected chi connectivity index (χ2v) is 12.2. The number of hydrogen-bond donors (Lipinski definition) is 0. The van der Waals surface area contributed by atoms with E-state index in [1.165, 1.54) is 11.3 Å². The number of pyridine rings is 1. The number of likely N-dealkylation sites (N-methyl/N-ethyl adjacent to an activating group) is 2. The van der Waals surface area contributed by atoms with Crippen LogP contribution in [0.4, 0.5) is 10.0 Å². The number of carbonyl (C=O) groups excluding carboxylic acids is 2. The summed E-state index contributed by atoms with van der Waals surface area (Å²) in [5.74, 6) is 0.234. The first-order valence-electron chi connectivity index (χ1n) is 12.5. The van der Waals surface area contributed by atoms with Gasteiger partial charge in [-0.25, -0.2) is 0 Å². The first kappa shape index (κ1) is 27.7. The van der Waals surface area contributed by atoms with Crippen molar-refractivity contribution in [3.05, 3.63) is 52.1 Å². The van der Waals surface area contributed by atoms with Crippen molar-refractivity contribution in [2.75, 3.05) is 76.3 Å². The average molecular weight is 560 g/mol. The predicted molar refractivity (Wildman–Crippen MR) is 156 cm³/mol. The first-order chi connectivity index (χ1) is 17.7. The molecule has 0 N–H and O–H groups in total. The number of anilines is 2. The second kappa shape index (κ2) is 12.5. The lowest BCUT2D eigenvalue weighted by Crippen LogP contribution is -2.44. The zero-order chi connectivity index (χ0) is 26.5. The Morgan fingerprint density at radius 1 is 0.757 bits per heavy atom. The number of ketones is 2. The Morgan fingerprint density at radius 2 is 1.22 bits per heavy atom. The molecule has 37 heavy (non-hydrogen) atoms. The van der Waals surface area contributed by atoms with Crippen LogP contribution in [-0.2, 0) is 0 Å². The van der Waals surface area contributed by atoms with Gasteiger partial charge in [-0.2, -0.15) is 0 Å². The zero-order valence-corrected chi connectivity index (χ0v) is 24.3. The number of halogens is 1. The summed E-state index contributed by atoms with van der Waals surface area (Å²) in [4.78, 5) is 37.9. The van der Waals surface area contributed by atoms with Crippen LogP contribution in [0.1, 0.15) is 34.6 Å². The number of nitrogens with zero attached hydrogens (tertiary/aromatic N) is 5. The smallest absolute Gasteiger partial charge is 0.162 e. The first-order valence-corrected chi connectivity index (χ1v) is 14.5. The van der Waals surface area contributed by atoms with E-state index in [9.17, 15) is 9.59 Å². The van der Waals surface area contributed by atoms with Crippen molar-refractivity contribution in [1.82, 2.24) is 14.8 Å². The number of rotatable bonds is 5. The summed E-state index contributed by atoms with van der Waals surface area (Å²) in [6.45, 7) is 11.3. The predicted octanol–water partition coefficient (Wildman–Crippen LogP) is 5.12. The highest BCUT2D eigenvalue weighted by molar-refractivity contribution is 7.20. The van der Waals surface area contributed by atoms with Gasteiger partial charge in [-0.15, -0.1) is 22.7 Å². The molecular weight excluding hydrogens is 526 g/mol. The maximum Gasteiger partial charge on any atom is 0.162 e. The topological polar surface area (TPSA) is 60.0 Å². The van der Waals surface area contributed by atoms with Crippen LogP contribution < -0.4 is 9.80 Å². The van der Waals surface area contributed by atoms with E-state index in [2.05, 4.69) is 38.7 Å². The van der Waals surface area contributed by atoms with Crippen molar-refractivity contribution in [2.24, 2.45) is 0 Å². The SMILES string of the molecule is CC(=O)c1cc(-c2ccncc2)sc1N1CCN(C)CC1.CC(=O)c1cc(Cl)sc1N1CCN(C)CC1. The van der Waals surface area contributed by atoms with E-state index in [1.54, 1.807) is 43.6 Å². The summed E-state index contributed by atoms with van der Waals surface area (Å²) in [5, 5.41) is 2.15. The van der Waals surface area contributed by atoms with E-state index in [0.717, 1.165) is 83.9 Å². The molecule has 2 aliphatic heterocycles. The Labute approximate surface area is 232 Å². The molecule has 0 amide bonds. The van der Waals surface area contributed by atoms with Gasteiger partial charge in [0.25, 0.3) is 0 Å². The van der Waals surface area contributed by atoms with Gasteiger partial charge < -0.3 is 19.6 Å². The van der Waals surface area contributed by atoms with Crippen molar-refractivity contribution >= 4 is 55.8 Å². The maximum atomic E-state index is 12.0. The molecule has 5 rings (SSSR count). The van der Waals surface area contributed by atoms with Crippen LogP contribution in [0.15, 0.2) is 36.7 Å². The Bertz CT molecular complexity index is 1210. The van der Waals surface area contributed by atoms with E-state index < -0.39 is 0 Å². The fraction of sp³-hybridized carbons (Fsp3) is 0.444. The van der Waals surface area contributed by atoms with E-state index >= 15 is 0 Å². The molecule has 198 valence electrons. The normalized spacial score (nSPS) is 16.9. The third-order valence-corrected chi connectivity index (χ3v) is 9.27. The van der Waals surface area contributed by atoms with Gasteiger partial charge in [0.15, 0.2) is 11.6 Å². The number of piperazine rings is 2. The van der Waals surface area contributed by atoms with Crippen molar-refractivity contribution in [3.8, 4) is 10.4 Å². The van der Waals surface area contributed by atoms with Crippen LogP contribution in [0.5, 0.6) is 0 Å². The number of carbonyl (C=O) groups is 2. The zero-order valence-electron chi connectivity index (χ0n) is 21.9. The largest absolute Gasteiger partial charge is 0.360 e. The minimum Gasteiger partial charge on any atom is -0.360 e. The molecule has 0 unspecified atom stereocenters. The van der Waals surface area contributed by atoms with Gasteiger partial charge in [-0.3, -0.25) is 14.6 Å². The minimum atomic E-state index is 0.0945. The Kier molecular flexibility index (Phi) is 9.36. The quantitative estimate of drug-likeness (QED) is 0.402. The third kappa shape index (κ3) is 6.97. The molecule has 3 aromatic heterocycles. The molecule has 0 aliphatic carbocycles. The molecule has 0 saturated carbocycles. The minimum absolute atomic E-state index is 0.0945. The molecule has 0 atom stereocenters. The summed E-state index contributed by atoms with van der Waals surface area (Å²) >= 11 is 9.20. The Morgan fingerprint density at radius 3 is 1.70 bits per heavy atom. The van der Waals surface area contributed by atoms with E-state index in [1.807, 2.05) is 18.2 Å². The molecule has 10 heteroatoms. The van der Waals surface area contributed by atoms with Crippen LogP contribution in [-0.4, -0.2) is 92.8 Å². The van der Waals surface area contributed by atoms with Crippen LogP contribution in [0.25, 0.3) is 10.4 Å². The van der Waals surface area contributed by atoms with Gasteiger partial charge in [0, 0.05) is 69.6 Å². The Balaban J connectivity index is 0.000000180. The molecule has 2 aliphatic rings. The van der Waals surface area contributed by atoms with Crippen molar-refractivity contribution < 1.29 is 9.59 Å². The van der Waals surface area contributed by atoms with Crippen LogP contribution in [0, 0.1) is 0 Å². The monoisotopic (exact) mass is 559 g/mol. The van der Waals surface area contributed by atoms with Crippen LogP contribution in [0.2, 0.25) is 4.34 Å². The molecule has 0 radical (unpaired) electrons. The molecule has 5 heterocycles. The molecule has 7 nitrogen and oxygen atoms in total. The summed E-state index contributed by atoms with van der Waals surface area (Å²) in [5.41, 5.74) is 2.73. The Hall–Kier alpha value is -2.30. The van der Waals surface area contributed by atoms with Crippen molar-refractivity contribution in [2.45, 2.75) is 13.8 Å². The number of hydrogen-bond acceptors (Lipinski definition) is 9. The number of aromatic nitrogens is 1. The highest BCUT2D eigenvalue weighted by Crippen LogP contribution is 2.38. The lowest BCUT2D eigenvalue weighted by molar-refractivity contribution is 0.101. The summed E-state index contributed by atoms with van der Waals surface area (Å²) in [7, 11) is 4.25. The van der Waals surface area contributed by atoms with E-state index in [4.69, 9.17) is 11.6 Å². The molecule has 2 saturated heterocycles. The van der Waals surface area contributed by atoms with Gasteiger partial charge in [-0.1, -0.05) is 11.6 Å². The van der Waals surface area contributed by atoms with Crippen molar-refractivity contribution in [3.63, 3.8) is 0 Å². The maximum absolute atomic E-state index is 12.0. The van der Waals surface area contributed by atoms with Crippen LogP contribution in [0.3, 0.4) is 0 Å². The fourth-order valence-corrected chi connectivity index (χ4v) is 6.96. The van der Waals surface area contributed by atoms with Gasteiger partial charge >= 0.3 is 0 Å². The van der Waals surface area contributed by atoms with E-state index in [0.29, 0.717) is 4.34 Å². The summed E-state index contributed by atoms with van der Waals surface area (Å²) < 4.78 is 0.694. The molecule has 3 aromatic rings. The lowest BCUT2D eigenvalue weighted by atomic mass is 10.1. The van der Waals surface area contributed by atoms with Crippen LogP contribution >= 0.6 is 34.3 Å². The number of Topliss-reactive ketones (excluding diaryl/α,β-unsaturated/α-hetero) is 2. The van der Waals surface area contributed by atoms with Gasteiger partial charge in [0.2, 0.25) is 0 Å². The third-order valence-electron chi connectivity index (χ3n) is 6.70. The van der Waals surface area contributed by atoms with Gasteiger partial charge in [-0.05, 0) is 57.8 Å². The summed E-state index contributed by atoms with van der Waals surface area (Å²) in [6, 6.07) is 7.78. The molecule has 0 bridgehead atoms. The molecular formula is C27H34ClN5O2S2.